The molecule has 2 aromatic heterocycles. The Morgan fingerprint density at radius 1 is 0.264 bits per heavy atom. The van der Waals surface area contributed by atoms with Crippen LogP contribution in [-0.2, 0) is 54.5 Å². The fourth-order valence-electron chi connectivity index (χ4n) is 18.4. The maximum absolute atomic E-state index is 10.9. The molecular formula is C120H135BN4. The average Bonchev–Trinajstić information content (AvgIpc) is 1.42. The van der Waals surface area contributed by atoms with E-state index in [1.165, 1.54) is 0 Å². The molecule has 0 aliphatic carbocycles. The van der Waals surface area contributed by atoms with E-state index in [1.54, 1.807) is 24.3 Å². The molecule has 0 unspecified atom stereocenters. The Labute approximate surface area is 777 Å². The van der Waals surface area contributed by atoms with Crippen molar-refractivity contribution in [3.05, 3.63) is 305 Å². The van der Waals surface area contributed by atoms with Gasteiger partial charge in [0.15, 0.2) is 0 Å². The van der Waals surface area contributed by atoms with Crippen LogP contribution in [0.2, 0.25) is 0 Å². The van der Waals surface area contributed by atoms with E-state index in [0.717, 1.165) is 16.7 Å². The number of para-hydroxylation sites is 2. The average molecular weight is 1660 g/mol. The minimum absolute atomic E-state index is 0.218. The number of hydrogen-bond acceptors (Lipinski definition) is 2. The van der Waals surface area contributed by atoms with E-state index in [2.05, 4.69) is 109 Å². The molecule has 4 heterocycles. The van der Waals surface area contributed by atoms with Gasteiger partial charge in [-0.05, 0) is 284 Å². The van der Waals surface area contributed by atoms with Crippen LogP contribution in [0.15, 0.2) is 255 Å². The predicted octanol–water partition coefficient (Wildman–Crippen LogP) is 32.1. The molecule has 0 atom stereocenters. The van der Waals surface area contributed by atoms with Crippen LogP contribution in [0, 0.1) is 32.5 Å². The van der Waals surface area contributed by atoms with Crippen LogP contribution in [-0.4, -0.2) is 15.8 Å². The first-order valence-corrected chi connectivity index (χ1v) is 44.5. The lowest BCUT2D eigenvalue weighted by molar-refractivity contribution is 0.410. The van der Waals surface area contributed by atoms with Crippen molar-refractivity contribution >= 4 is 101 Å². The molecular weight excluding hydrogens is 1510 g/mol. The molecule has 15 aromatic rings. The van der Waals surface area contributed by atoms with Crippen molar-refractivity contribution in [1.82, 2.24) is 9.13 Å². The number of anilines is 6. The summed E-state index contributed by atoms with van der Waals surface area (Å²) < 4.78 is 206. The van der Waals surface area contributed by atoms with Crippen molar-refractivity contribution in [3.8, 4) is 55.9 Å². The van der Waals surface area contributed by atoms with Gasteiger partial charge in [0.2, 0.25) is 0 Å². The van der Waals surface area contributed by atoms with Crippen LogP contribution in [0.4, 0.5) is 34.1 Å². The Balaban J connectivity index is 1.14. The fourth-order valence-corrected chi connectivity index (χ4v) is 18.4. The highest BCUT2D eigenvalue weighted by molar-refractivity contribution is 7.00. The van der Waals surface area contributed by atoms with E-state index >= 15 is 0 Å². The maximum Gasteiger partial charge on any atom is 0.252 e. The van der Waals surface area contributed by atoms with Gasteiger partial charge in [-0.25, -0.2) is 0 Å². The first kappa shape index (κ1) is 64.8. The molecule has 2 aliphatic rings. The van der Waals surface area contributed by atoms with Crippen LogP contribution in [0.3, 0.4) is 0 Å². The maximum atomic E-state index is 10.9. The molecule has 0 saturated carbocycles. The molecule has 638 valence electrons. The monoisotopic (exact) mass is 1660 g/mol. The van der Waals surface area contributed by atoms with Gasteiger partial charge in [0, 0.05) is 83.2 Å². The summed E-state index contributed by atoms with van der Waals surface area (Å²) in [6.45, 7) is 51.6. The third-order valence-electron chi connectivity index (χ3n) is 23.5. The van der Waals surface area contributed by atoms with E-state index < -0.39 is 118 Å². The number of aromatic nitrogens is 2. The summed E-state index contributed by atoms with van der Waals surface area (Å²) in [5.74, 6) is 0. The van der Waals surface area contributed by atoms with E-state index in [-0.39, 0.29) is 46.3 Å². The third-order valence-corrected chi connectivity index (χ3v) is 23.5. The first-order valence-electron chi connectivity index (χ1n) is 54.5. The van der Waals surface area contributed by atoms with Crippen molar-refractivity contribution in [3.63, 3.8) is 0 Å². The minimum atomic E-state index is -2.22. The summed E-state index contributed by atoms with van der Waals surface area (Å²) in [7, 11) is 0. The molecule has 125 heavy (non-hydrogen) atoms. The fraction of sp³-hybridized carbons (Fsp3) is 0.350. The zero-order valence-electron chi connectivity index (χ0n) is 98.5. The second-order valence-electron chi connectivity index (χ2n) is 44.3. The molecule has 0 N–H and O–H groups in total. The van der Waals surface area contributed by atoms with E-state index in [9.17, 15) is 27.4 Å². The second-order valence-corrected chi connectivity index (χ2v) is 44.3. The van der Waals surface area contributed by atoms with E-state index in [1.807, 2.05) is 279 Å². The molecule has 0 saturated heterocycles. The number of nitrogens with zero attached hydrogens (tertiary/aromatic N) is 4. The highest BCUT2D eigenvalue weighted by Gasteiger charge is 2.46. The van der Waals surface area contributed by atoms with Crippen LogP contribution >= 0.6 is 0 Å². The number of rotatable bonds is 14. The van der Waals surface area contributed by atoms with Crippen molar-refractivity contribution in [1.29, 1.82) is 0 Å². The van der Waals surface area contributed by atoms with Crippen LogP contribution in [0.1, 0.15) is 264 Å². The smallest absolute Gasteiger partial charge is 0.252 e. The highest BCUT2D eigenvalue weighted by atomic mass is 15.2. The molecule has 4 nitrogen and oxygen atoms in total. The van der Waals surface area contributed by atoms with Gasteiger partial charge < -0.3 is 18.9 Å². The summed E-state index contributed by atoms with van der Waals surface area (Å²) >= 11 is 0. The minimum Gasteiger partial charge on any atom is -0.311 e. The molecule has 13 aromatic carbocycles. The topological polar surface area (TPSA) is 16.3 Å². The molecule has 0 bridgehead atoms. The molecule has 0 fully saturated rings. The predicted molar refractivity (Wildman–Crippen MR) is 546 cm³/mol. The lowest BCUT2D eigenvalue weighted by Gasteiger charge is -2.46. The summed E-state index contributed by atoms with van der Waals surface area (Å²) in [5.41, 5.74) is 8.29. The van der Waals surface area contributed by atoms with Crippen LogP contribution in [0.25, 0.3) is 99.5 Å². The number of fused-ring (bicyclic) bond motifs is 10. The number of benzene rings is 13. The van der Waals surface area contributed by atoms with Crippen molar-refractivity contribution in [2.75, 3.05) is 9.80 Å². The summed E-state index contributed by atoms with van der Waals surface area (Å²) in [6.07, 6.45) is -12.3. The van der Waals surface area contributed by atoms with Gasteiger partial charge in [-0.3, -0.25) is 0 Å². The summed E-state index contributed by atoms with van der Waals surface area (Å²) in [5, 5.41) is 1.80. The van der Waals surface area contributed by atoms with Crippen molar-refractivity contribution in [2.45, 2.75) is 241 Å². The quantitative estimate of drug-likeness (QED) is 0.101. The van der Waals surface area contributed by atoms with Crippen molar-refractivity contribution in [2.24, 2.45) is 32.5 Å². The van der Waals surface area contributed by atoms with Gasteiger partial charge in [0.05, 0.1) is 44.4 Å². The third kappa shape index (κ3) is 17.4. The van der Waals surface area contributed by atoms with Gasteiger partial charge in [-0.15, -0.1) is 0 Å². The molecule has 5 heteroatoms. The van der Waals surface area contributed by atoms with E-state index in [0.29, 0.717) is 161 Å². The van der Waals surface area contributed by atoms with Crippen molar-refractivity contribution < 1.29 is 27.4 Å². The van der Waals surface area contributed by atoms with E-state index in [4.69, 9.17) is 0 Å². The molecule has 0 radical (unpaired) electrons. The molecule has 0 spiro atoms. The van der Waals surface area contributed by atoms with Gasteiger partial charge in [-0.1, -0.05) is 345 Å². The largest absolute Gasteiger partial charge is 0.311 e. The molecule has 2 aliphatic heterocycles. The Bertz CT molecular complexity index is 7430. The Morgan fingerprint density at radius 2 is 0.584 bits per heavy atom. The van der Waals surface area contributed by atoms with Gasteiger partial charge in [0.25, 0.3) is 6.71 Å². The second kappa shape index (κ2) is 31.0. The first-order chi connectivity index (χ1) is 66.5. The summed E-state index contributed by atoms with van der Waals surface area (Å²) in [4.78, 5) is 4.44. The number of hydrogen-bond donors (Lipinski definition) is 0. The standard InChI is InChI=1S/C120H135BN4/c1-112(2,3)70-76-36-32-40-80(56-76)93-68-105(95(60-84(93)74-116(13,14)15)82-42-34-38-78(58-82)72-114(7,8)9)124-107-66-89(122-101-46-30-28-44-91(101)97-62-86(118(19,20)21)48-54-103(97)122)50-52-99(107)121-100-53-51-90(123-102-47-31-29-45-92(102)98-63-87(119(22,23)24)49-55-104(98)123)67-108(100)125(110-65-88(120(25,26)27)64-109(124)111(110)121)106-69-94(81-41-33-37-77(57-81)71-113(4,5)6)85(75-117(16,17)18)61-96(106)83-43-35-39-79(59-83)73-115(10,11)12/h28-69H,70-75H2,1-27H3/i28D,29D,30D,31D,44D,45D,46D,47D,70D2,71D2,72D2,73D2,74D2,75D2. The lowest BCUT2D eigenvalue weighted by Crippen LogP contribution is -2.61. The Kier molecular flexibility index (Phi) is 16.1. The Hall–Kier alpha value is -10.9. The molecule has 0 amide bonds. The zero-order chi connectivity index (χ0) is 107. The lowest BCUT2D eigenvalue weighted by atomic mass is 9.33. The Morgan fingerprint density at radius 3 is 0.904 bits per heavy atom. The van der Waals surface area contributed by atoms with Crippen LogP contribution < -0.4 is 26.2 Å². The normalized spacial score (nSPS) is 16.7. The SMILES string of the molecule is [2H]c1c([2H])c([2H])c2c(c1[2H])c1cc(C(C)(C)C)ccc1n2-c1ccc2c(c1)N(c1cc(-c3cccc(C([2H])([2H])C(C)(C)C)c3)c(C([2H])([2H])C(C)(C)C)cc1-c1cccc(C([2H])([2H])C(C)(C)C)c1)c1cc(C(C)(C)C)cc3c1B2c1ccc(-n2c4ccc(C(C)(C)C)cc4c4c([2H])c([2H])c([2H])c([2H])c42)cc1N3c1cc(-c2cccc(C([2H])([2H])C(C)(C)C)c2)c(C([2H])([2H])C(C)(C)C)cc1-c1cccc(C([2H])([2H])C(C)(C)C)c1. The van der Waals surface area contributed by atoms with Crippen LogP contribution in [0.5, 0.6) is 0 Å². The molecule has 17 rings (SSSR count). The highest BCUT2D eigenvalue weighted by Crippen LogP contribution is 2.55. The van der Waals surface area contributed by atoms with Gasteiger partial charge >= 0.3 is 0 Å². The zero-order valence-corrected chi connectivity index (χ0v) is 78.5. The van der Waals surface area contributed by atoms with Gasteiger partial charge in [0.1, 0.15) is 0 Å². The summed E-state index contributed by atoms with van der Waals surface area (Å²) in [6, 6.07) is 63.4. The van der Waals surface area contributed by atoms with Gasteiger partial charge in [-0.2, -0.15) is 0 Å².